The monoisotopic (exact) mass is 914 g/mol. The predicted octanol–water partition coefficient (Wildman–Crippen LogP) is 4.95. The van der Waals surface area contributed by atoms with Crippen LogP contribution in [0.5, 0.6) is 11.5 Å². The van der Waals surface area contributed by atoms with Crippen molar-refractivity contribution < 1.29 is 46.6 Å². The maximum absolute atomic E-state index is 15.3. The first-order valence-electron chi connectivity index (χ1n) is 20.8. The number of halogens is 1. The first-order valence-corrected chi connectivity index (χ1v) is 22.9. The van der Waals surface area contributed by atoms with E-state index in [2.05, 4.69) is 21.9 Å². The smallest absolute Gasteiger partial charge is 0.408 e. The minimum absolute atomic E-state index is 0.0381. The zero-order chi connectivity index (χ0) is 46.0. The van der Waals surface area contributed by atoms with Gasteiger partial charge in [0.1, 0.15) is 46.2 Å². The van der Waals surface area contributed by atoms with Crippen LogP contribution in [-0.4, -0.2) is 114 Å². The number of likely N-dealkylation sites (tertiary alicyclic amines) is 2. The minimum atomic E-state index is -4.33. The van der Waals surface area contributed by atoms with E-state index in [1.165, 1.54) is 40.1 Å². The number of hydrogen-bond donors (Lipinski definition) is 3. The van der Waals surface area contributed by atoms with E-state index in [-0.39, 0.29) is 62.0 Å². The van der Waals surface area contributed by atoms with Crippen LogP contribution in [0, 0.1) is 5.92 Å². The molecule has 64 heavy (non-hydrogen) atoms. The largest absolute Gasteiger partial charge is 0.497 e. The Morgan fingerprint density at radius 2 is 1.62 bits per heavy atom. The lowest BCUT2D eigenvalue weighted by molar-refractivity contribution is -0.147. The Kier molecular flexibility index (Phi) is 13.0. The van der Waals surface area contributed by atoms with E-state index in [1.54, 1.807) is 58.2 Å². The fourth-order valence-electron chi connectivity index (χ4n) is 8.29. The molecule has 7 rings (SSSR count). The van der Waals surface area contributed by atoms with E-state index >= 15 is 4.79 Å². The average molecular weight is 915 g/mol. The zero-order valence-corrected chi connectivity index (χ0v) is 37.5. The van der Waals surface area contributed by atoms with Crippen molar-refractivity contribution in [3.8, 4) is 22.8 Å². The van der Waals surface area contributed by atoms with Gasteiger partial charge in [0.15, 0.2) is 0 Å². The van der Waals surface area contributed by atoms with Gasteiger partial charge >= 0.3 is 6.09 Å². The van der Waals surface area contributed by atoms with Gasteiger partial charge in [0.05, 0.1) is 29.8 Å². The van der Waals surface area contributed by atoms with Gasteiger partial charge in [-0.25, -0.2) is 22.9 Å². The van der Waals surface area contributed by atoms with Gasteiger partial charge in [-0.15, -0.1) is 18.2 Å². The number of carbonyl (C=O) groups excluding carboxylic acids is 5. The number of nitrogens with zero attached hydrogens (tertiary/aromatic N) is 3. The molecule has 16 nitrogen and oxygen atoms in total. The number of alkyl halides is 1. The summed E-state index contributed by atoms with van der Waals surface area (Å²) in [6.07, 6.45) is -0.349. The highest BCUT2D eigenvalue weighted by Gasteiger charge is 2.62. The number of ether oxygens (including phenoxy) is 3. The van der Waals surface area contributed by atoms with E-state index < -0.39 is 68.6 Å². The van der Waals surface area contributed by atoms with Crippen molar-refractivity contribution in [1.29, 1.82) is 0 Å². The van der Waals surface area contributed by atoms with Crippen LogP contribution >= 0.6 is 11.6 Å². The van der Waals surface area contributed by atoms with Crippen molar-refractivity contribution in [2.24, 2.45) is 5.92 Å². The lowest BCUT2D eigenvalue weighted by Gasteiger charge is -2.43. The van der Waals surface area contributed by atoms with Gasteiger partial charge in [-0.05, 0) is 64.3 Å². The van der Waals surface area contributed by atoms with Crippen LogP contribution in [0.3, 0.4) is 0 Å². The number of piperidine rings is 1. The number of fused-ring (bicyclic) bond motifs is 1. The number of alkyl carbamates (subject to hydrolysis) is 1. The van der Waals surface area contributed by atoms with Crippen molar-refractivity contribution >= 4 is 62.2 Å². The second-order valence-corrected chi connectivity index (χ2v) is 19.1. The Labute approximate surface area is 376 Å². The maximum Gasteiger partial charge on any atom is 0.408 e. The van der Waals surface area contributed by atoms with E-state index in [0.29, 0.717) is 28.1 Å². The molecule has 1 aliphatic carbocycles. The number of nitrogens with one attached hydrogen (secondary N) is 3. The summed E-state index contributed by atoms with van der Waals surface area (Å²) in [6, 6.07) is 22.6. The van der Waals surface area contributed by atoms with Gasteiger partial charge in [0.25, 0.3) is 15.9 Å². The average Bonchev–Trinajstić information content (AvgIpc) is 3.84. The minimum Gasteiger partial charge on any atom is -0.497 e. The Balaban J connectivity index is 1.25. The number of benzene rings is 3. The fourth-order valence-corrected chi connectivity index (χ4v) is 9.52. The SMILES string of the molecule is C=C[C@@H]1C[C@]1(NC(=O)[C@@H]1C[C@@H](Oc2cc(-c3ccccc3)nc3cc(OC)ccc23)CN1C(=O)C1(NC(=O)OC(C)(C)C)CCN(C(=O)CCl)CC1)C(=O)NS(=O)(=O)c1ccccc1. The molecule has 2 saturated heterocycles. The molecule has 2 aliphatic heterocycles. The summed E-state index contributed by atoms with van der Waals surface area (Å²) in [4.78, 5) is 77.7. The Morgan fingerprint density at radius 3 is 2.23 bits per heavy atom. The molecule has 3 N–H and O–H groups in total. The van der Waals surface area contributed by atoms with E-state index in [4.69, 9.17) is 30.8 Å². The molecule has 3 heterocycles. The van der Waals surface area contributed by atoms with E-state index in [1.807, 2.05) is 30.3 Å². The summed E-state index contributed by atoms with van der Waals surface area (Å²) >= 11 is 5.89. The zero-order valence-electron chi connectivity index (χ0n) is 36.0. The van der Waals surface area contributed by atoms with Crippen LogP contribution in [0.25, 0.3) is 22.2 Å². The molecule has 4 atom stereocenters. The highest BCUT2D eigenvalue weighted by Crippen LogP contribution is 2.45. The molecule has 0 spiro atoms. The van der Waals surface area contributed by atoms with Crippen LogP contribution in [0.2, 0.25) is 0 Å². The predicted molar refractivity (Wildman–Crippen MR) is 238 cm³/mol. The molecule has 338 valence electrons. The third-order valence-corrected chi connectivity index (χ3v) is 13.3. The first kappa shape index (κ1) is 45.8. The molecule has 18 heteroatoms. The fraction of sp³-hybridized carbons (Fsp3) is 0.391. The van der Waals surface area contributed by atoms with Gasteiger partial charge in [0.2, 0.25) is 17.7 Å². The standard InChI is InChI=1S/C46H51ClN6O10S/c1-6-30-26-46(30,41(56)51-64(59,60)33-15-11-8-12-16-33)49-40(55)37-24-32(62-38-25-35(29-13-9-7-10-14-29)48-36-23-31(61-5)17-18-34(36)38)28-53(37)42(57)45(50-43(58)63-44(2,3)4)19-21-52(22-20-45)39(54)27-47/h6-18,23,25,30,32,37H,1,19-22,24,26-28H2,2-5H3,(H,49,55)(H,50,58)(H,51,56)/t30-,32-,37+,46-/m1/s1. The molecule has 1 aromatic heterocycles. The third-order valence-electron chi connectivity index (χ3n) is 11.7. The van der Waals surface area contributed by atoms with Crippen LogP contribution in [-0.2, 0) is 33.9 Å². The second kappa shape index (κ2) is 18.1. The lowest BCUT2D eigenvalue weighted by atomic mass is 9.85. The van der Waals surface area contributed by atoms with Gasteiger partial charge in [-0.2, -0.15) is 0 Å². The molecule has 0 unspecified atom stereocenters. The normalized spacial score (nSPS) is 21.6. The number of aromatic nitrogens is 1. The number of methoxy groups -OCH3 is 1. The molecular weight excluding hydrogens is 864 g/mol. The van der Waals surface area contributed by atoms with Crippen LogP contribution in [0.1, 0.15) is 46.5 Å². The van der Waals surface area contributed by atoms with Gasteiger partial charge in [0, 0.05) is 48.5 Å². The van der Waals surface area contributed by atoms with Crippen molar-refractivity contribution in [3.05, 3.63) is 97.6 Å². The molecule has 3 aliphatic rings. The van der Waals surface area contributed by atoms with Crippen LogP contribution < -0.4 is 24.8 Å². The van der Waals surface area contributed by atoms with Crippen LogP contribution in [0.15, 0.2) is 102 Å². The number of rotatable bonds is 13. The third kappa shape index (κ3) is 9.65. The summed E-state index contributed by atoms with van der Waals surface area (Å²) in [5.74, 6) is -2.64. The molecule has 0 bridgehead atoms. The number of sulfonamides is 1. The summed E-state index contributed by atoms with van der Waals surface area (Å²) < 4.78 is 46.6. The Hall–Kier alpha value is -6.20. The lowest BCUT2D eigenvalue weighted by Crippen LogP contribution is -2.66. The summed E-state index contributed by atoms with van der Waals surface area (Å²) in [5.41, 5.74) is -2.31. The number of hydrogen-bond acceptors (Lipinski definition) is 11. The summed E-state index contributed by atoms with van der Waals surface area (Å²) in [6.45, 7) is 8.82. The van der Waals surface area contributed by atoms with Crippen molar-refractivity contribution in [2.75, 3.05) is 32.6 Å². The van der Waals surface area contributed by atoms with Gasteiger partial charge in [-0.1, -0.05) is 54.6 Å². The molecular formula is C46H51ClN6O10S. The second-order valence-electron chi connectivity index (χ2n) is 17.2. The quantitative estimate of drug-likeness (QED) is 0.121. The molecule has 5 amide bonds. The van der Waals surface area contributed by atoms with Crippen molar-refractivity contribution in [2.45, 2.75) is 80.2 Å². The molecule has 3 fully saturated rings. The number of pyridine rings is 1. The number of amides is 5. The first-order chi connectivity index (χ1) is 30.4. The molecule has 0 radical (unpaired) electrons. The topological polar surface area (TPSA) is 203 Å². The Morgan fingerprint density at radius 1 is 0.953 bits per heavy atom. The van der Waals surface area contributed by atoms with Crippen molar-refractivity contribution in [3.63, 3.8) is 0 Å². The highest BCUT2D eigenvalue weighted by molar-refractivity contribution is 7.90. The molecule has 4 aromatic rings. The van der Waals surface area contributed by atoms with Crippen molar-refractivity contribution in [1.82, 2.24) is 30.1 Å². The Bertz CT molecular complexity index is 2570. The van der Waals surface area contributed by atoms with Gasteiger partial charge in [-0.3, -0.25) is 19.2 Å². The summed E-state index contributed by atoms with van der Waals surface area (Å²) in [7, 11) is -2.78. The van der Waals surface area contributed by atoms with E-state index in [0.717, 1.165) is 5.56 Å². The maximum atomic E-state index is 15.3. The molecule has 3 aromatic carbocycles. The highest BCUT2D eigenvalue weighted by atomic mass is 35.5. The summed E-state index contributed by atoms with van der Waals surface area (Å²) in [5, 5.41) is 6.24. The molecule has 1 saturated carbocycles. The van der Waals surface area contributed by atoms with Crippen LogP contribution in [0.4, 0.5) is 4.79 Å². The van der Waals surface area contributed by atoms with Gasteiger partial charge < -0.3 is 34.6 Å². The van der Waals surface area contributed by atoms with E-state index in [9.17, 15) is 27.6 Å². The number of carbonyl (C=O) groups is 5.